The first-order valence-electron chi connectivity index (χ1n) is 6.69. The van der Waals surface area contributed by atoms with E-state index in [9.17, 15) is 0 Å². The predicted octanol–water partition coefficient (Wildman–Crippen LogP) is 3.32. The van der Waals surface area contributed by atoms with Gasteiger partial charge in [0.05, 0.1) is 17.7 Å². The Balaban J connectivity index is 2.19. The largest absolute Gasteiger partial charge is 0.371 e. The molecule has 0 radical (unpaired) electrons. The second-order valence-corrected chi connectivity index (χ2v) is 5.91. The van der Waals surface area contributed by atoms with Crippen molar-refractivity contribution < 1.29 is 0 Å². The van der Waals surface area contributed by atoms with Gasteiger partial charge >= 0.3 is 0 Å². The van der Waals surface area contributed by atoms with Crippen LogP contribution in [-0.2, 0) is 0 Å². The summed E-state index contributed by atoms with van der Waals surface area (Å²) in [6, 6.07) is 12.2. The van der Waals surface area contributed by atoms with Gasteiger partial charge in [-0.15, -0.1) is 0 Å². The maximum Gasteiger partial charge on any atom is 0.0992 e. The highest BCUT2D eigenvalue weighted by molar-refractivity contribution is 5.52. The third-order valence-corrected chi connectivity index (χ3v) is 4.25. The van der Waals surface area contributed by atoms with Crippen molar-refractivity contribution in [1.82, 2.24) is 0 Å². The van der Waals surface area contributed by atoms with Crippen molar-refractivity contribution in [3.05, 3.63) is 29.8 Å². The normalized spacial score (nSPS) is 21.5. The van der Waals surface area contributed by atoms with E-state index in [-0.39, 0.29) is 5.41 Å². The van der Waals surface area contributed by atoms with E-state index < -0.39 is 0 Å². The lowest BCUT2D eigenvalue weighted by atomic mass is 9.72. The average Bonchev–Trinajstić information content (AvgIpc) is 2.41. The molecular weight excluding hydrogens is 234 g/mol. The summed E-state index contributed by atoms with van der Waals surface area (Å²) in [6.07, 6.45) is 1.68. The maximum atomic E-state index is 8.98. The summed E-state index contributed by atoms with van der Waals surface area (Å²) in [5, 5.41) is 17.9. The third kappa shape index (κ3) is 2.88. The average molecular weight is 253 g/mol. The Labute approximate surface area is 115 Å². The molecule has 0 aromatic heterocycles. The molecule has 2 rings (SSSR count). The Morgan fingerprint density at radius 3 is 2.84 bits per heavy atom. The van der Waals surface area contributed by atoms with Crippen LogP contribution in [0.15, 0.2) is 24.3 Å². The summed E-state index contributed by atoms with van der Waals surface area (Å²) in [5.74, 6) is 0.386. The fourth-order valence-corrected chi connectivity index (χ4v) is 2.69. The minimum absolute atomic E-state index is 0.221. The molecule has 1 unspecified atom stereocenters. The van der Waals surface area contributed by atoms with Crippen LogP contribution in [0.3, 0.4) is 0 Å². The lowest BCUT2D eigenvalue weighted by Crippen LogP contribution is -2.44. The maximum absolute atomic E-state index is 8.98. The molecule has 1 fully saturated rings. The minimum Gasteiger partial charge on any atom is -0.371 e. The molecule has 0 saturated carbocycles. The topological polar surface area (TPSA) is 50.8 Å². The zero-order valence-corrected chi connectivity index (χ0v) is 11.6. The summed E-state index contributed by atoms with van der Waals surface area (Å²) in [7, 11) is 0. The SMILES string of the molecule is CC1(C)CCN(c2cccc(C#N)c2)CC1CC#N. The summed E-state index contributed by atoms with van der Waals surface area (Å²) in [6.45, 7) is 6.38. The quantitative estimate of drug-likeness (QED) is 0.812. The van der Waals surface area contributed by atoms with Crippen LogP contribution in [-0.4, -0.2) is 13.1 Å². The van der Waals surface area contributed by atoms with Gasteiger partial charge in [0, 0.05) is 25.2 Å². The van der Waals surface area contributed by atoms with E-state index in [1.165, 1.54) is 0 Å². The number of piperidine rings is 1. The molecule has 98 valence electrons. The third-order valence-electron chi connectivity index (χ3n) is 4.25. The first-order valence-corrected chi connectivity index (χ1v) is 6.69. The molecule has 0 amide bonds. The number of hydrogen-bond donors (Lipinski definition) is 0. The predicted molar refractivity (Wildman–Crippen MR) is 75.5 cm³/mol. The van der Waals surface area contributed by atoms with Gasteiger partial charge in [-0.1, -0.05) is 19.9 Å². The number of benzene rings is 1. The summed E-state index contributed by atoms with van der Waals surface area (Å²) in [5.41, 5.74) is 2.01. The van der Waals surface area contributed by atoms with Crippen LogP contribution < -0.4 is 4.90 Å². The first-order chi connectivity index (χ1) is 9.06. The zero-order valence-electron chi connectivity index (χ0n) is 11.6. The van der Waals surface area contributed by atoms with Gasteiger partial charge in [0.15, 0.2) is 0 Å². The summed E-state index contributed by atoms with van der Waals surface area (Å²) in [4.78, 5) is 2.30. The number of rotatable bonds is 2. The van der Waals surface area contributed by atoms with Crippen molar-refractivity contribution in [3.63, 3.8) is 0 Å². The Bertz CT molecular complexity index is 534. The van der Waals surface area contributed by atoms with Crippen LogP contribution in [0, 0.1) is 34.0 Å². The highest BCUT2D eigenvalue weighted by Crippen LogP contribution is 2.38. The van der Waals surface area contributed by atoms with Gasteiger partial charge < -0.3 is 4.90 Å². The number of anilines is 1. The van der Waals surface area contributed by atoms with Crippen LogP contribution in [0.2, 0.25) is 0 Å². The number of nitrogens with zero attached hydrogens (tertiary/aromatic N) is 3. The fraction of sp³-hybridized carbons (Fsp3) is 0.500. The van der Waals surface area contributed by atoms with E-state index >= 15 is 0 Å². The second kappa shape index (κ2) is 5.33. The van der Waals surface area contributed by atoms with E-state index in [1.807, 2.05) is 24.3 Å². The van der Waals surface area contributed by atoms with Gasteiger partial charge in [0.2, 0.25) is 0 Å². The number of nitriles is 2. The lowest BCUT2D eigenvalue weighted by Gasteiger charge is -2.44. The number of hydrogen-bond acceptors (Lipinski definition) is 3. The van der Waals surface area contributed by atoms with Crippen molar-refractivity contribution >= 4 is 5.69 Å². The van der Waals surface area contributed by atoms with Crippen LogP contribution in [0.5, 0.6) is 0 Å². The van der Waals surface area contributed by atoms with Crippen molar-refractivity contribution in [2.75, 3.05) is 18.0 Å². The van der Waals surface area contributed by atoms with Gasteiger partial charge in [-0.2, -0.15) is 10.5 Å². The van der Waals surface area contributed by atoms with Crippen molar-refractivity contribution in [2.24, 2.45) is 11.3 Å². The van der Waals surface area contributed by atoms with E-state index in [4.69, 9.17) is 10.5 Å². The van der Waals surface area contributed by atoms with Gasteiger partial charge in [-0.05, 0) is 36.0 Å². The molecule has 1 aliphatic rings. The Kier molecular flexibility index (Phi) is 3.76. The van der Waals surface area contributed by atoms with Gasteiger partial charge in [0.1, 0.15) is 0 Å². The first kappa shape index (κ1) is 13.4. The van der Waals surface area contributed by atoms with Crippen LogP contribution >= 0.6 is 0 Å². The highest BCUT2D eigenvalue weighted by atomic mass is 15.1. The van der Waals surface area contributed by atoms with Crippen LogP contribution in [0.4, 0.5) is 5.69 Å². The van der Waals surface area contributed by atoms with Gasteiger partial charge in [-0.3, -0.25) is 0 Å². The monoisotopic (exact) mass is 253 g/mol. The van der Waals surface area contributed by atoms with Crippen molar-refractivity contribution in [3.8, 4) is 12.1 Å². The van der Waals surface area contributed by atoms with E-state index in [1.54, 1.807) is 0 Å². The molecule has 1 heterocycles. The summed E-state index contributed by atoms with van der Waals surface area (Å²) < 4.78 is 0. The standard InChI is InChI=1S/C16H19N3/c1-16(2)7-9-19(12-14(16)6-8-17)15-5-3-4-13(10-15)11-18/h3-5,10,14H,6-7,9,12H2,1-2H3. The lowest BCUT2D eigenvalue weighted by molar-refractivity contribution is 0.174. The molecule has 0 N–H and O–H groups in total. The fourth-order valence-electron chi connectivity index (χ4n) is 2.69. The highest BCUT2D eigenvalue weighted by Gasteiger charge is 2.35. The second-order valence-electron chi connectivity index (χ2n) is 5.91. The Morgan fingerprint density at radius 1 is 1.37 bits per heavy atom. The molecule has 1 saturated heterocycles. The van der Waals surface area contributed by atoms with E-state index in [0.29, 0.717) is 17.9 Å². The van der Waals surface area contributed by atoms with E-state index in [0.717, 1.165) is 25.2 Å². The minimum atomic E-state index is 0.221. The van der Waals surface area contributed by atoms with E-state index in [2.05, 4.69) is 30.9 Å². The Morgan fingerprint density at radius 2 is 2.16 bits per heavy atom. The van der Waals surface area contributed by atoms with Crippen molar-refractivity contribution in [2.45, 2.75) is 26.7 Å². The zero-order chi connectivity index (χ0) is 13.9. The van der Waals surface area contributed by atoms with Crippen molar-refractivity contribution in [1.29, 1.82) is 10.5 Å². The molecule has 19 heavy (non-hydrogen) atoms. The molecule has 1 aliphatic heterocycles. The molecule has 3 heteroatoms. The smallest absolute Gasteiger partial charge is 0.0992 e. The summed E-state index contributed by atoms with van der Waals surface area (Å²) >= 11 is 0. The molecule has 1 atom stereocenters. The molecule has 1 aromatic carbocycles. The molecule has 0 spiro atoms. The van der Waals surface area contributed by atoms with Crippen LogP contribution in [0.1, 0.15) is 32.3 Å². The van der Waals surface area contributed by atoms with Gasteiger partial charge in [0.25, 0.3) is 0 Å². The van der Waals surface area contributed by atoms with Crippen LogP contribution in [0.25, 0.3) is 0 Å². The molecule has 0 bridgehead atoms. The molecule has 3 nitrogen and oxygen atoms in total. The Hall–Kier alpha value is -2.00. The van der Waals surface area contributed by atoms with Gasteiger partial charge in [-0.25, -0.2) is 0 Å². The molecule has 1 aromatic rings. The molecular formula is C16H19N3. The molecule has 0 aliphatic carbocycles.